The predicted octanol–water partition coefficient (Wildman–Crippen LogP) is 2.84. The molecular formula is C18H17F2N3O3. The zero-order valence-electron chi connectivity index (χ0n) is 14.7. The zero-order valence-corrected chi connectivity index (χ0v) is 14.7. The van der Waals surface area contributed by atoms with Gasteiger partial charge in [-0.25, -0.2) is 13.8 Å². The molecule has 1 aromatic carbocycles. The van der Waals surface area contributed by atoms with E-state index >= 15 is 0 Å². The first kappa shape index (κ1) is 17.7. The van der Waals surface area contributed by atoms with E-state index in [4.69, 9.17) is 9.47 Å². The summed E-state index contributed by atoms with van der Waals surface area (Å²) in [5, 5.41) is 0. The summed E-state index contributed by atoms with van der Waals surface area (Å²) in [6.07, 6.45) is 0. The number of aromatic nitrogens is 3. The maximum Gasteiger partial charge on any atom is 0.273 e. The van der Waals surface area contributed by atoms with Crippen molar-refractivity contribution in [2.24, 2.45) is 7.05 Å². The normalized spacial score (nSPS) is 10.8. The van der Waals surface area contributed by atoms with E-state index in [9.17, 15) is 13.6 Å². The predicted molar refractivity (Wildman–Crippen MR) is 92.0 cm³/mol. The molecule has 0 saturated carbocycles. The van der Waals surface area contributed by atoms with Crippen LogP contribution in [0.5, 0.6) is 11.5 Å². The lowest BCUT2D eigenvalue weighted by molar-refractivity contribution is 0.407. The van der Waals surface area contributed by atoms with Crippen LogP contribution in [0.3, 0.4) is 0 Å². The Bertz CT molecular complexity index is 1020. The number of pyridine rings is 1. The highest BCUT2D eigenvalue weighted by Gasteiger charge is 2.20. The summed E-state index contributed by atoms with van der Waals surface area (Å²) < 4.78 is 41.4. The first-order valence-electron chi connectivity index (χ1n) is 7.71. The molecule has 0 spiro atoms. The molecule has 0 fully saturated rings. The van der Waals surface area contributed by atoms with Crippen LogP contribution in [0.1, 0.15) is 5.69 Å². The maximum atomic E-state index is 14.4. The topological polar surface area (TPSA) is 58.3 Å². The molecule has 0 bridgehead atoms. The van der Waals surface area contributed by atoms with Crippen molar-refractivity contribution in [1.29, 1.82) is 0 Å². The zero-order chi connectivity index (χ0) is 19.0. The molecule has 0 aliphatic carbocycles. The van der Waals surface area contributed by atoms with Gasteiger partial charge < -0.3 is 9.47 Å². The Morgan fingerprint density at radius 3 is 2.12 bits per heavy atom. The van der Waals surface area contributed by atoms with Gasteiger partial charge >= 0.3 is 0 Å². The van der Waals surface area contributed by atoms with Crippen LogP contribution in [0.15, 0.2) is 35.1 Å². The number of aryl methyl sites for hydroxylation is 1. The van der Waals surface area contributed by atoms with Crippen molar-refractivity contribution in [2.75, 3.05) is 14.2 Å². The second kappa shape index (κ2) is 6.62. The molecule has 0 aliphatic heterocycles. The summed E-state index contributed by atoms with van der Waals surface area (Å²) in [6, 6.07) is 6.56. The van der Waals surface area contributed by atoms with E-state index < -0.39 is 17.2 Å². The molecule has 0 amide bonds. The molecule has 3 aromatic rings. The van der Waals surface area contributed by atoms with E-state index in [1.807, 2.05) is 0 Å². The van der Waals surface area contributed by atoms with Gasteiger partial charge in [0.2, 0.25) is 0 Å². The first-order valence-corrected chi connectivity index (χ1v) is 7.71. The summed E-state index contributed by atoms with van der Waals surface area (Å²) in [4.78, 5) is 16.8. The molecular weight excluding hydrogens is 344 g/mol. The van der Waals surface area contributed by atoms with Crippen LogP contribution >= 0.6 is 0 Å². The highest BCUT2D eigenvalue weighted by Crippen LogP contribution is 2.29. The lowest BCUT2D eigenvalue weighted by atomic mass is 10.1. The van der Waals surface area contributed by atoms with Gasteiger partial charge in [-0.15, -0.1) is 0 Å². The molecule has 2 heterocycles. The minimum absolute atomic E-state index is 0.0540. The fourth-order valence-electron chi connectivity index (χ4n) is 2.79. The van der Waals surface area contributed by atoms with Crippen LogP contribution in [0, 0.1) is 18.6 Å². The molecule has 8 heteroatoms. The fraction of sp³-hybridized carbons (Fsp3) is 0.222. The smallest absolute Gasteiger partial charge is 0.273 e. The molecule has 0 aliphatic rings. The average Bonchev–Trinajstić information content (AvgIpc) is 2.87. The van der Waals surface area contributed by atoms with Gasteiger partial charge in [-0.05, 0) is 6.92 Å². The Morgan fingerprint density at radius 2 is 1.54 bits per heavy atom. The van der Waals surface area contributed by atoms with Crippen molar-refractivity contribution in [2.45, 2.75) is 6.92 Å². The van der Waals surface area contributed by atoms with Crippen LogP contribution in [-0.2, 0) is 7.05 Å². The third-order valence-electron chi connectivity index (χ3n) is 3.99. The molecule has 0 atom stereocenters. The SMILES string of the molecule is COc1cc(C)nc(-n2c(=O)cc(-c3c(F)cc(OC)cc3F)n2C)c1. The largest absolute Gasteiger partial charge is 0.497 e. The number of methoxy groups -OCH3 is 2. The third-order valence-corrected chi connectivity index (χ3v) is 3.99. The third kappa shape index (κ3) is 2.94. The lowest BCUT2D eigenvalue weighted by Crippen LogP contribution is -2.20. The van der Waals surface area contributed by atoms with Gasteiger partial charge in [0.05, 0.1) is 25.5 Å². The quantitative estimate of drug-likeness (QED) is 0.717. The molecule has 136 valence electrons. The van der Waals surface area contributed by atoms with Crippen LogP contribution in [0.2, 0.25) is 0 Å². The van der Waals surface area contributed by atoms with E-state index in [2.05, 4.69) is 4.98 Å². The minimum atomic E-state index is -0.829. The Kier molecular flexibility index (Phi) is 4.50. The number of nitrogens with zero attached hydrogens (tertiary/aromatic N) is 3. The fourth-order valence-corrected chi connectivity index (χ4v) is 2.79. The Hall–Kier alpha value is -3.16. The standard InChI is InChI=1S/C18H17F2N3O3/c1-10-5-11(25-3)8-16(21-10)23-17(24)9-15(22(23)2)18-13(19)6-12(26-4)7-14(18)20/h5-9H,1-4H3. The van der Waals surface area contributed by atoms with Gasteiger partial charge in [0, 0.05) is 43.1 Å². The van der Waals surface area contributed by atoms with Crippen molar-refractivity contribution >= 4 is 0 Å². The van der Waals surface area contributed by atoms with Crippen LogP contribution in [0.4, 0.5) is 8.78 Å². The van der Waals surface area contributed by atoms with E-state index in [-0.39, 0.29) is 22.8 Å². The second-order valence-electron chi connectivity index (χ2n) is 5.68. The van der Waals surface area contributed by atoms with Gasteiger partial charge in [0.25, 0.3) is 5.56 Å². The van der Waals surface area contributed by atoms with Crippen molar-refractivity contribution in [3.8, 4) is 28.6 Å². The molecule has 3 rings (SSSR count). The van der Waals surface area contributed by atoms with Crippen LogP contribution in [0.25, 0.3) is 17.1 Å². The second-order valence-corrected chi connectivity index (χ2v) is 5.68. The molecule has 26 heavy (non-hydrogen) atoms. The number of rotatable bonds is 4. The van der Waals surface area contributed by atoms with Crippen molar-refractivity contribution in [3.63, 3.8) is 0 Å². The summed E-state index contributed by atoms with van der Waals surface area (Å²) in [5.41, 5.74) is -0.0771. The lowest BCUT2D eigenvalue weighted by Gasteiger charge is -2.12. The summed E-state index contributed by atoms with van der Waals surface area (Å²) in [7, 11) is 4.34. The highest BCUT2D eigenvalue weighted by molar-refractivity contribution is 5.62. The van der Waals surface area contributed by atoms with E-state index in [1.165, 1.54) is 30.6 Å². The number of hydrogen-bond acceptors (Lipinski definition) is 4. The van der Waals surface area contributed by atoms with E-state index in [1.54, 1.807) is 19.1 Å². The van der Waals surface area contributed by atoms with Gasteiger partial charge in [-0.2, -0.15) is 4.68 Å². The summed E-state index contributed by atoms with van der Waals surface area (Å²) in [6.45, 7) is 1.75. The van der Waals surface area contributed by atoms with Crippen molar-refractivity contribution in [3.05, 3.63) is 58.0 Å². The molecule has 0 radical (unpaired) electrons. The Balaban J connectivity index is 2.22. The van der Waals surface area contributed by atoms with Crippen LogP contribution < -0.4 is 15.0 Å². The summed E-state index contributed by atoms with van der Waals surface area (Å²) >= 11 is 0. The highest BCUT2D eigenvalue weighted by atomic mass is 19.1. The molecule has 6 nitrogen and oxygen atoms in total. The van der Waals surface area contributed by atoms with Crippen LogP contribution in [-0.4, -0.2) is 28.6 Å². The van der Waals surface area contributed by atoms with Gasteiger partial charge in [0.15, 0.2) is 5.82 Å². The summed E-state index contributed by atoms with van der Waals surface area (Å²) in [5.74, 6) is -0.800. The van der Waals surface area contributed by atoms with Crippen molar-refractivity contribution in [1.82, 2.24) is 14.3 Å². The van der Waals surface area contributed by atoms with Gasteiger partial charge in [0.1, 0.15) is 23.1 Å². The first-order chi connectivity index (χ1) is 12.3. The number of ether oxygens (including phenoxy) is 2. The van der Waals surface area contributed by atoms with Gasteiger partial charge in [-0.3, -0.25) is 9.48 Å². The van der Waals surface area contributed by atoms with E-state index in [0.717, 1.165) is 18.2 Å². The Morgan fingerprint density at radius 1 is 0.962 bits per heavy atom. The Labute approximate surface area is 148 Å². The van der Waals surface area contributed by atoms with Gasteiger partial charge in [-0.1, -0.05) is 0 Å². The molecule has 0 N–H and O–H groups in total. The molecule has 0 unspecified atom stereocenters. The number of halogens is 2. The monoisotopic (exact) mass is 361 g/mol. The number of benzene rings is 1. The number of hydrogen-bond donors (Lipinski definition) is 0. The average molecular weight is 361 g/mol. The molecule has 2 aromatic heterocycles. The minimum Gasteiger partial charge on any atom is -0.497 e. The van der Waals surface area contributed by atoms with Crippen molar-refractivity contribution < 1.29 is 18.3 Å². The molecule has 0 saturated heterocycles. The maximum absolute atomic E-state index is 14.4. The van der Waals surface area contributed by atoms with E-state index in [0.29, 0.717) is 11.4 Å².